The molecule has 2 rings (SSSR count). The predicted molar refractivity (Wildman–Crippen MR) is 87.0 cm³/mol. The first kappa shape index (κ1) is 15.0. The van der Waals surface area contributed by atoms with Crippen molar-refractivity contribution in [3.8, 4) is 0 Å². The van der Waals surface area contributed by atoms with Crippen LogP contribution in [0.5, 0.6) is 0 Å². The molecule has 108 valence electrons. The Hall–Kier alpha value is -2.35. The molecule has 0 radical (unpaired) electrons. The van der Waals surface area contributed by atoms with E-state index < -0.39 is 5.60 Å². The fraction of sp³-hybridized carbons (Fsp3) is 0.211. The maximum Gasteiger partial charge on any atom is 0.338 e. The Bertz CT molecular complexity index is 617. The van der Waals surface area contributed by atoms with E-state index in [1.807, 2.05) is 75.4 Å². The van der Waals surface area contributed by atoms with Crippen LogP contribution in [0, 0.1) is 0 Å². The average molecular weight is 280 g/mol. The summed E-state index contributed by atoms with van der Waals surface area (Å²) in [7, 11) is 0. The highest BCUT2D eigenvalue weighted by molar-refractivity contribution is 5.90. The van der Waals surface area contributed by atoms with Crippen molar-refractivity contribution in [2.45, 2.75) is 26.4 Å². The molecular formula is C19H20O2. The largest absolute Gasteiger partial charge is 0.456 e. The maximum absolute atomic E-state index is 11.9. The Labute approximate surface area is 126 Å². The summed E-state index contributed by atoms with van der Waals surface area (Å²) in [5.74, 6) is -0.291. The molecule has 0 aliphatic carbocycles. The van der Waals surface area contributed by atoms with Crippen LogP contribution in [0.3, 0.4) is 0 Å². The van der Waals surface area contributed by atoms with E-state index in [0.717, 1.165) is 11.1 Å². The Balaban J connectivity index is 2.06. The highest BCUT2D eigenvalue weighted by atomic mass is 16.6. The molecule has 0 aromatic heterocycles. The van der Waals surface area contributed by atoms with Crippen molar-refractivity contribution in [3.05, 3.63) is 71.3 Å². The summed E-state index contributed by atoms with van der Waals surface area (Å²) in [5.41, 5.74) is 2.30. The highest BCUT2D eigenvalue weighted by Gasteiger charge is 2.17. The van der Waals surface area contributed by atoms with Gasteiger partial charge in [-0.1, -0.05) is 54.6 Å². The average Bonchev–Trinajstić information content (AvgIpc) is 2.45. The molecule has 2 aromatic carbocycles. The molecule has 0 heterocycles. The SMILES string of the molecule is CC(C)(C)OC(=O)c1ccc(/C=C\c2ccccc2)cc1. The number of ether oxygens (including phenoxy) is 1. The summed E-state index contributed by atoms with van der Waals surface area (Å²) in [5, 5.41) is 0. The molecule has 0 atom stereocenters. The van der Waals surface area contributed by atoms with Crippen LogP contribution in [-0.2, 0) is 4.74 Å². The number of carbonyl (C=O) groups is 1. The van der Waals surface area contributed by atoms with Gasteiger partial charge in [-0.3, -0.25) is 0 Å². The topological polar surface area (TPSA) is 26.3 Å². The van der Waals surface area contributed by atoms with Crippen LogP contribution in [-0.4, -0.2) is 11.6 Å². The summed E-state index contributed by atoms with van der Waals surface area (Å²) < 4.78 is 5.34. The molecule has 0 spiro atoms. The quantitative estimate of drug-likeness (QED) is 0.595. The van der Waals surface area contributed by atoms with Crippen LogP contribution in [0.15, 0.2) is 54.6 Å². The first-order valence-corrected chi connectivity index (χ1v) is 7.01. The summed E-state index contributed by atoms with van der Waals surface area (Å²) in [6, 6.07) is 17.5. The van der Waals surface area contributed by atoms with Gasteiger partial charge < -0.3 is 4.74 Å². The number of esters is 1. The van der Waals surface area contributed by atoms with Crippen LogP contribution in [0.2, 0.25) is 0 Å². The van der Waals surface area contributed by atoms with Gasteiger partial charge in [0.2, 0.25) is 0 Å². The van der Waals surface area contributed by atoms with E-state index in [4.69, 9.17) is 4.74 Å². The Morgan fingerprint density at radius 1 is 0.857 bits per heavy atom. The van der Waals surface area contributed by atoms with Gasteiger partial charge in [-0.25, -0.2) is 4.79 Å². The molecule has 0 aliphatic rings. The van der Waals surface area contributed by atoms with Gasteiger partial charge >= 0.3 is 5.97 Å². The standard InChI is InChI=1S/C19H20O2/c1-19(2,3)21-18(20)17-13-11-16(12-14-17)10-9-15-7-5-4-6-8-15/h4-14H,1-3H3/b10-9-. The third-order valence-electron chi connectivity index (χ3n) is 2.81. The van der Waals surface area contributed by atoms with Gasteiger partial charge in [-0.05, 0) is 44.0 Å². The molecule has 2 heteroatoms. The van der Waals surface area contributed by atoms with E-state index in [1.54, 1.807) is 12.1 Å². The molecule has 21 heavy (non-hydrogen) atoms. The minimum Gasteiger partial charge on any atom is -0.456 e. The number of benzene rings is 2. The van der Waals surface area contributed by atoms with Gasteiger partial charge in [0.1, 0.15) is 5.60 Å². The first-order valence-electron chi connectivity index (χ1n) is 7.01. The summed E-state index contributed by atoms with van der Waals surface area (Å²) in [6.07, 6.45) is 4.07. The van der Waals surface area contributed by atoms with E-state index in [0.29, 0.717) is 5.56 Å². The zero-order valence-electron chi connectivity index (χ0n) is 12.7. The van der Waals surface area contributed by atoms with Gasteiger partial charge in [0.25, 0.3) is 0 Å². The van der Waals surface area contributed by atoms with Crippen molar-refractivity contribution in [1.82, 2.24) is 0 Å². The summed E-state index contributed by atoms with van der Waals surface area (Å²) in [4.78, 5) is 11.9. The van der Waals surface area contributed by atoms with Crippen molar-refractivity contribution in [2.75, 3.05) is 0 Å². The molecule has 0 aliphatic heterocycles. The molecule has 2 aromatic rings. The second-order valence-corrected chi connectivity index (χ2v) is 5.87. The molecule has 0 N–H and O–H groups in total. The third-order valence-corrected chi connectivity index (χ3v) is 2.81. The molecule has 0 amide bonds. The van der Waals surface area contributed by atoms with E-state index in [1.165, 1.54) is 0 Å². The second-order valence-electron chi connectivity index (χ2n) is 5.87. The van der Waals surface area contributed by atoms with E-state index in [2.05, 4.69) is 0 Å². The summed E-state index contributed by atoms with van der Waals surface area (Å²) >= 11 is 0. The molecule has 0 saturated heterocycles. The Morgan fingerprint density at radius 2 is 1.38 bits per heavy atom. The lowest BCUT2D eigenvalue weighted by atomic mass is 10.1. The van der Waals surface area contributed by atoms with Crippen LogP contribution < -0.4 is 0 Å². The lowest BCUT2D eigenvalue weighted by Crippen LogP contribution is -2.23. The van der Waals surface area contributed by atoms with Gasteiger partial charge in [0.05, 0.1) is 5.56 Å². The smallest absolute Gasteiger partial charge is 0.338 e. The molecule has 0 bridgehead atoms. The second kappa shape index (κ2) is 6.40. The monoisotopic (exact) mass is 280 g/mol. The molecule has 0 unspecified atom stereocenters. The predicted octanol–water partition coefficient (Wildman–Crippen LogP) is 4.81. The summed E-state index contributed by atoms with van der Waals surface area (Å²) in [6.45, 7) is 5.59. The van der Waals surface area contributed by atoms with Crippen LogP contribution in [0.4, 0.5) is 0 Å². The van der Waals surface area contributed by atoms with Gasteiger partial charge in [-0.2, -0.15) is 0 Å². The highest BCUT2D eigenvalue weighted by Crippen LogP contribution is 2.14. The minimum atomic E-state index is -0.469. The minimum absolute atomic E-state index is 0.291. The zero-order valence-corrected chi connectivity index (χ0v) is 12.7. The molecule has 2 nitrogen and oxygen atoms in total. The van der Waals surface area contributed by atoms with Gasteiger partial charge in [0.15, 0.2) is 0 Å². The van der Waals surface area contributed by atoms with Crippen molar-refractivity contribution in [1.29, 1.82) is 0 Å². The van der Waals surface area contributed by atoms with Crippen LogP contribution >= 0.6 is 0 Å². The molecular weight excluding hydrogens is 260 g/mol. The lowest BCUT2D eigenvalue weighted by Gasteiger charge is -2.19. The normalized spacial score (nSPS) is 11.6. The number of carbonyl (C=O) groups excluding carboxylic acids is 1. The van der Waals surface area contributed by atoms with Crippen molar-refractivity contribution < 1.29 is 9.53 Å². The number of rotatable bonds is 3. The van der Waals surface area contributed by atoms with Gasteiger partial charge in [0, 0.05) is 0 Å². The maximum atomic E-state index is 11.9. The van der Waals surface area contributed by atoms with E-state index >= 15 is 0 Å². The number of hydrogen-bond acceptors (Lipinski definition) is 2. The first-order chi connectivity index (χ1) is 9.94. The third kappa shape index (κ3) is 4.92. The number of hydrogen-bond donors (Lipinski definition) is 0. The fourth-order valence-corrected chi connectivity index (χ4v) is 1.82. The molecule has 0 saturated carbocycles. The van der Waals surface area contributed by atoms with Gasteiger partial charge in [-0.15, -0.1) is 0 Å². The van der Waals surface area contributed by atoms with Crippen molar-refractivity contribution in [2.24, 2.45) is 0 Å². The Morgan fingerprint density at radius 3 is 1.90 bits per heavy atom. The zero-order chi connectivity index (χ0) is 15.3. The van der Waals surface area contributed by atoms with Crippen molar-refractivity contribution in [3.63, 3.8) is 0 Å². The van der Waals surface area contributed by atoms with Crippen molar-refractivity contribution >= 4 is 18.1 Å². The fourth-order valence-electron chi connectivity index (χ4n) is 1.82. The van der Waals surface area contributed by atoms with Crippen LogP contribution in [0.1, 0.15) is 42.3 Å². The Kier molecular flexibility index (Phi) is 4.59. The van der Waals surface area contributed by atoms with E-state index in [9.17, 15) is 4.79 Å². The molecule has 0 fully saturated rings. The van der Waals surface area contributed by atoms with Crippen LogP contribution in [0.25, 0.3) is 12.2 Å². The van der Waals surface area contributed by atoms with E-state index in [-0.39, 0.29) is 5.97 Å². The lowest BCUT2D eigenvalue weighted by molar-refractivity contribution is 0.00695.